The Morgan fingerprint density at radius 1 is 0.917 bits per heavy atom. The van der Waals surface area contributed by atoms with Crippen LogP contribution in [0.4, 0.5) is 5.69 Å². The van der Waals surface area contributed by atoms with Crippen LogP contribution < -0.4 is 4.72 Å². The lowest BCUT2D eigenvalue weighted by atomic mass is 10.1. The number of para-hydroxylation sites is 1. The second-order valence-electron chi connectivity index (χ2n) is 5.19. The third-order valence-corrected chi connectivity index (χ3v) is 5.13. The average Bonchev–Trinajstić information content (AvgIpc) is 2.60. The fourth-order valence-corrected chi connectivity index (χ4v) is 3.71. The van der Waals surface area contributed by atoms with Crippen LogP contribution in [0.25, 0.3) is 10.8 Å². The van der Waals surface area contributed by atoms with Crippen molar-refractivity contribution in [1.82, 2.24) is 4.72 Å². The number of nitro benzene ring substituents is 1. The van der Waals surface area contributed by atoms with Gasteiger partial charge in [-0.3, -0.25) is 10.1 Å². The summed E-state index contributed by atoms with van der Waals surface area (Å²) in [6, 6.07) is 18.5. The highest BCUT2D eigenvalue weighted by Crippen LogP contribution is 2.24. The number of hydrogen-bond acceptors (Lipinski definition) is 4. The molecule has 0 unspecified atom stereocenters. The van der Waals surface area contributed by atoms with Crippen molar-refractivity contribution in [2.45, 2.75) is 11.4 Å². The fraction of sp³-hybridized carbons (Fsp3) is 0.0588. The van der Waals surface area contributed by atoms with E-state index in [9.17, 15) is 18.5 Å². The standard InChI is InChI=1S/C17H14N2O4S/c20-19(21)16-10-3-4-11-17(16)24(22,23)18-12-14-8-5-7-13-6-1-2-9-15(13)14/h1-11,18H,12H2. The van der Waals surface area contributed by atoms with Gasteiger partial charge in [0, 0.05) is 12.6 Å². The molecule has 0 saturated heterocycles. The van der Waals surface area contributed by atoms with Crippen molar-refractivity contribution >= 4 is 26.5 Å². The quantitative estimate of drug-likeness (QED) is 0.569. The summed E-state index contributed by atoms with van der Waals surface area (Å²) in [6.45, 7) is 0.0513. The van der Waals surface area contributed by atoms with Crippen molar-refractivity contribution in [3.05, 3.63) is 82.4 Å². The molecule has 0 aliphatic heterocycles. The van der Waals surface area contributed by atoms with Gasteiger partial charge in [0.1, 0.15) is 0 Å². The first kappa shape index (κ1) is 16.1. The van der Waals surface area contributed by atoms with E-state index in [0.29, 0.717) is 0 Å². The molecule has 0 spiro atoms. The van der Waals surface area contributed by atoms with Crippen LogP contribution in [0.1, 0.15) is 5.56 Å². The van der Waals surface area contributed by atoms with E-state index in [1.165, 1.54) is 24.3 Å². The van der Waals surface area contributed by atoms with E-state index in [-0.39, 0.29) is 11.4 Å². The molecule has 0 aliphatic carbocycles. The number of nitrogens with zero attached hydrogens (tertiary/aromatic N) is 1. The smallest absolute Gasteiger partial charge is 0.258 e. The van der Waals surface area contributed by atoms with E-state index < -0.39 is 20.6 Å². The molecule has 122 valence electrons. The molecular weight excluding hydrogens is 328 g/mol. The Hall–Kier alpha value is -2.77. The van der Waals surface area contributed by atoms with E-state index in [0.717, 1.165) is 16.3 Å². The van der Waals surface area contributed by atoms with Crippen LogP contribution in [-0.2, 0) is 16.6 Å². The molecule has 3 aromatic rings. The Balaban J connectivity index is 1.92. The SMILES string of the molecule is O=[N+]([O-])c1ccccc1S(=O)(=O)NCc1cccc2ccccc12. The normalized spacial score (nSPS) is 11.5. The number of nitro groups is 1. The van der Waals surface area contributed by atoms with Gasteiger partial charge < -0.3 is 0 Å². The first-order valence-electron chi connectivity index (χ1n) is 7.19. The summed E-state index contributed by atoms with van der Waals surface area (Å²) < 4.78 is 27.3. The minimum absolute atomic E-state index is 0.0513. The van der Waals surface area contributed by atoms with E-state index in [1.54, 1.807) is 0 Å². The molecule has 0 atom stereocenters. The highest BCUT2D eigenvalue weighted by atomic mass is 32.2. The van der Waals surface area contributed by atoms with Crippen molar-refractivity contribution < 1.29 is 13.3 Å². The van der Waals surface area contributed by atoms with Gasteiger partial charge in [0.2, 0.25) is 10.0 Å². The molecule has 3 aromatic carbocycles. The lowest BCUT2D eigenvalue weighted by Gasteiger charge is -2.09. The minimum atomic E-state index is -3.99. The second-order valence-corrected chi connectivity index (χ2v) is 6.92. The van der Waals surface area contributed by atoms with Crippen LogP contribution in [0.15, 0.2) is 71.6 Å². The number of rotatable bonds is 5. The molecule has 3 rings (SSSR count). The zero-order chi connectivity index (χ0) is 17.2. The third-order valence-electron chi connectivity index (χ3n) is 3.68. The predicted molar refractivity (Wildman–Crippen MR) is 91.1 cm³/mol. The Labute approximate surface area is 138 Å². The first-order chi connectivity index (χ1) is 11.5. The Bertz CT molecular complexity index is 1010. The molecule has 6 nitrogen and oxygen atoms in total. The average molecular weight is 342 g/mol. The maximum Gasteiger partial charge on any atom is 0.289 e. The van der Waals surface area contributed by atoms with Crippen LogP contribution in [0, 0.1) is 10.1 Å². The number of sulfonamides is 1. The summed E-state index contributed by atoms with van der Waals surface area (Å²) >= 11 is 0. The van der Waals surface area contributed by atoms with Crippen molar-refractivity contribution in [3.63, 3.8) is 0 Å². The van der Waals surface area contributed by atoms with Crippen LogP contribution in [0.2, 0.25) is 0 Å². The maximum absolute atomic E-state index is 12.5. The lowest BCUT2D eigenvalue weighted by Crippen LogP contribution is -2.24. The van der Waals surface area contributed by atoms with Crippen LogP contribution in [0.5, 0.6) is 0 Å². The Kier molecular flexibility index (Phi) is 4.28. The topological polar surface area (TPSA) is 89.3 Å². The highest BCUT2D eigenvalue weighted by molar-refractivity contribution is 7.89. The maximum atomic E-state index is 12.5. The number of hydrogen-bond donors (Lipinski definition) is 1. The number of nitrogens with one attached hydrogen (secondary N) is 1. The lowest BCUT2D eigenvalue weighted by molar-refractivity contribution is -0.387. The molecule has 24 heavy (non-hydrogen) atoms. The predicted octanol–water partition coefficient (Wildman–Crippen LogP) is 3.23. The van der Waals surface area contributed by atoms with E-state index in [1.807, 2.05) is 42.5 Å². The molecule has 7 heteroatoms. The van der Waals surface area contributed by atoms with Crippen molar-refractivity contribution in [2.75, 3.05) is 0 Å². The van der Waals surface area contributed by atoms with Gasteiger partial charge in [-0.25, -0.2) is 13.1 Å². The van der Waals surface area contributed by atoms with E-state index in [2.05, 4.69) is 4.72 Å². The second kappa shape index (κ2) is 6.38. The van der Waals surface area contributed by atoms with Gasteiger partial charge in [-0.05, 0) is 22.4 Å². The zero-order valence-electron chi connectivity index (χ0n) is 12.5. The van der Waals surface area contributed by atoms with Gasteiger partial charge in [-0.1, -0.05) is 54.6 Å². The molecular formula is C17H14N2O4S. The van der Waals surface area contributed by atoms with Crippen molar-refractivity contribution in [2.24, 2.45) is 0 Å². The largest absolute Gasteiger partial charge is 0.289 e. The number of fused-ring (bicyclic) bond motifs is 1. The Morgan fingerprint density at radius 3 is 2.38 bits per heavy atom. The summed E-state index contributed by atoms with van der Waals surface area (Å²) in [5, 5.41) is 13.0. The minimum Gasteiger partial charge on any atom is -0.258 e. The summed E-state index contributed by atoms with van der Waals surface area (Å²) in [5.41, 5.74) is 0.359. The molecule has 0 bridgehead atoms. The van der Waals surface area contributed by atoms with Crippen LogP contribution in [-0.4, -0.2) is 13.3 Å². The molecule has 0 aliphatic rings. The zero-order valence-corrected chi connectivity index (χ0v) is 13.4. The van der Waals surface area contributed by atoms with Gasteiger partial charge in [-0.2, -0.15) is 0 Å². The summed E-state index contributed by atoms with van der Waals surface area (Å²) in [5.74, 6) is 0. The van der Waals surface area contributed by atoms with Gasteiger partial charge in [0.15, 0.2) is 4.90 Å². The molecule has 1 N–H and O–H groups in total. The molecule has 0 aromatic heterocycles. The molecule has 0 radical (unpaired) electrons. The van der Waals surface area contributed by atoms with Crippen molar-refractivity contribution in [3.8, 4) is 0 Å². The highest BCUT2D eigenvalue weighted by Gasteiger charge is 2.24. The summed E-state index contributed by atoms with van der Waals surface area (Å²) in [4.78, 5) is 9.99. The first-order valence-corrected chi connectivity index (χ1v) is 8.67. The summed E-state index contributed by atoms with van der Waals surface area (Å²) in [6.07, 6.45) is 0. The molecule has 0 heterocycles. The van der Waals surface area contributed by atoms with Gasteiger partial charge >= 0.3 is 0 Å². The van der Waals surface area contributed by atoms with Gasteiger partial charge in [0.05, 0.1) is 4.92 Å². The third kappa shape index (κ3) is 3.12. The van der Waals surface area contributed by atoms with Gasteiger partial charge in [-0.15, -0.1) is 0 Å². The molecule has 0 saturated carbocycles. The van der Waals surface area contributed by atoms with Gasteiger partial charge in [0.25, 0.3) is 5.69 Å². The van der Waals surface area contributed by atoms with Crippen LogP contribution >= 0.6 is 0 Å². The monoisotopic (exact) mass is 342 g/mol. The van der Waals surface area contributed by atoms with E-state index >= 15 is 0 Å². The van der Waals surface area contributed by atoms with E-state index in [4.69, 9.17) is 0 Å². The molecule has 0 amide bonds. The van der Waals surface area contributed by atoms with Crippen molar-refractivity contribution in [1.29, 1.82) is 0 Å². The van der Waals surface area contributed by atoms with Crippen LogP contribution in [0.3, 0.4) is 0 Å². The fourth-order valence-electron chi connectivity index (χ4n) is 2.53. The number of benzene rings is 3. The summed E-state index contributed by atoms with van der Waals surface area (Å²) in [7, 11) is -3.99. The Morgan fingerprint density at radius 2 is 1.58 bits per heavy atom. The molecule has 0 fully saturated rings.